The second-order valence-corrected chi connectivity index (χ2v) is 7.65. The number of para-hydroxylation sites is 1. The third kappa shape index (κ3) is 2.06. The molecule has 2 aromatic rings. The zero-order chi connectivity index (χ0) is 17.1. The van der Waals surface area contributed by atoms with Crippen molar-refractivity contribution >= 4 is 11.7 Å². The fourth-order valence-corrected chi connectivity index (χ4v) is 5.73. The molecule has 0 radical (unpaired) electrons. The van der Waals surface area contributed by atoms with E-state index in [0.29, 0.717) is 40.5 Å². The van der Waals surface area contributed by atoms with Crippen LogP contribution in [0.3, 0.4) is 0 Å². The molecule has 0 amide bonds. The van der Waals surface area contributed by atoms with Crippen LogP contribution in [0.25, 0.3) is 0 Å². The van der Waals surface area contributed by atoms with Gasteiger partial charge in [0.2, 0.25) is 0 Å². The standard InChI is InChI=1S/C21H20FNO2/c22-16-7-2-1-4-13(16)20-18-12-9-8-11(10-12)17(18)14-5-3-6-15(21(24)25)19(14)23-20/h1-7,11-12,17-18,20,23H,8-10H2,(H,24,25)/t11-,12-,17+,18-,20+/m0/s1. The van der Waals surface area contributed by atoms with Crippen molar-refractivity contribution in [1.29, 1.82) is 0 Å². The maximum Gasteiger partial charge on any atom is 0.337 e. The number of fused-ring (bicyclic) bond motifs is 7. The van der Waals surface area contributed by atoms with E-state index in [1.807, 2.05) is 18.2 Å². The summed E-state index contributed by atoms with van der Waals surface area (Å²) in [6, 6.07) is 12.3. The van der Waals surface area contributed by atoms with E-state index in [4.69, 9.17) is 0 Å². The maximum atomic E-state index is 14.6. The Morgan fingerprint density at radius 2 is 1.80 bits per heavy atom. The van der Waals surface area contributed by atoms with Crippen LogP contribution >= 0.6 is 0 Å². The number of aromatic carboxylic acids is 1. The number of carboxylic acids is 1. The molecule has 2 saturated carbocycles. The van der Waals surface area contributed by atoms with Gasteiger partial charge < -0.3 is 10.4 Å². The Kier molecular flexibility index (Phi) is 3.18. The van der Waals surface area contributed by atoms with Crippen molar-refractivity contribution in [2.45, 2.75) is 31.2 Å². The first-order valence-corrected chi connectivity index (χ1v) is 9.02. The molecule has 2 N–H and O–H groups in total. The van der Waals surface area contributed by atoms with E-state index in [-0.39, 0.29) is 11.9 Å². The average molecular weight is 337 g/mol. The monoisotopic (exact) mass is 337 g/mol. The summed E-state index contributed by atoms with van der Waals surface area (Å²) in [6.07, 6.45) is 3.58. The number of carbonyl (C=O) groups is 1. The molecule has 0 saturated heterocycles. The molecule has 0 aromatic heterocycles. The van der Waals surface area contributed by atoms with E-state index in [1.54, 1.807) is 12.1 Å². The lowest BCUT2D eigenvalue weighted by atomic mass is 9.67. The van der Waals surface area contributed by atoms with Gasteiger partial charge in [-0.2, -0.15) is 0 Å². The van der Waals surface area contributed by atoms with Gasteiger partial charge in [0.15, 0.2) is 0 Å². The zero-order valence-corrected chi connectivity index (χ0v) is 13.8. The van der Waals surface area contributed by atoms with Crippen LogP contribution in [-0.2, 0) is 0 Å². The molecule has 2 aliphatic carbocycles. The molecule has 128 valence electrons. The van der Waals surface area contributed by atoms with Crippen LogP contribution in [-0.4, -0.2) is 11.1 Å². The van der Waals surface area contributed by atoms with Crippen molar-refractivity contribution in [1.82, 2.24) is 0 Å². The number of anilines is 1. The molecule has 3 nitrogen and oxygen atoms in total. The third-order valence-corrected chi connectivity index (χ3v) is 6.59. The summed E-state index contributed by atoms with van der Waals surface area (Å²) in [5.41, 5.74) is 2.76. The number of halogens is 1. The third-order valence-electron chi connectivity index (χ3n) is 6.59. The van der Waals surface area contributed by atoms with Crippen molar-refractivity contribution in [3.05, 3.63) is 65.0 Å². The van der Waals surface area contributed by atoms with Crippen molar-refractivity contribution in [2.24, 2.45) is 17.8 Å². The molecule has 0 spiro atoms. The SMILES string of the molecule is O=C(O)c1cccc2c1N[C@H](c1ccccc1F)[C@H]1[C@H]3CC[C@@H](C3)[C@H]21. The van der Waals surface area contributed by atoms with E-state index in [0.717, 1.165) is 5.56 Å². The highest BCUT2D eigenvalue weighted by molar-refractivity contribution is 5.95. The van der Waals surface area contributed by atoms with Crippen LogP contribution in [0.5, 0.6) is 0 Å². The van der Waals surface area contributed by atoms with E-state index >= 15 is 0 Å². The Hall–Kier alpha value is -2.36. The van der Waals surface area contributed by atoms with Gasteiger partial charge in [-0.15, -0.1) is 0 Å². The van der Waals surface area contributed by atoms with E-state index < -0.39 is 5.97 Å². The summed E-state index contributed by atoms with van der Waals surface area (Å²) in [5.74, 6) is 0.713. The van der Waals surface area contributed by atoms with Crippen LogP contribution in [0.2, 0.25) is 0 Å². The van der Waals surface area contributed by atoms with Gasteiger partial charge in [-0.3, -0.25) is 0 Å². The zero-order valence-electron chi connectivity index (χ0n) is 13.8. The second-order valence-electron chi connectivity index (χ2n) is 7.65. The quantitative estimate of drug-likeness (QED) is 0.826. The number of benzene rings is 2. The summed E-state index contributed by atoms with van der Waals surface area (Å²) >= 11 is 0. The lowest BCUT2D eigenvalue weighted by Crippen LogP contribution is -2.36. The lowest BCUT2D eigenvalue weighted by Gasteiger charge is -2.44. The molecule has 2 aromatic carbocycles. The topological polar surface area (TPSA) is 49.3 Å². The number of hydrogen-bond acceptors (Lipinski definition) is 2. The van der Waals surface area contributed by atoms with Crippen molar-refractivity contribution in [3.63, 3.8) is 0 Å². The largest absolute Gasteiger partial charge is 0.478 e. The van der Waals surface area contributed by atoms with Crippen LogP contribution in [0, 0.1) is 23.6 Å². The number of nitrogens with one attached hydrogen (secondary N) is 1. The van der Waals surface area contributed by atoms with Gasteiger partial charge >= 0.3 is 5.97 Å². The summed E-state index contributed by atoms with van der Waals surface area (Å²) in [7, 11) is 0. The Labute approximate surface area is 145 Å². The van der Waals surface area contributed by atoms with Crippen molar-refractivity contribution < 1.29 is 14.3 Å². The van der Waals surface area contributed by atoms with Crippen LogP contribution in [0.1, 0.15) is 52.7 Å². The van der Waals surface area contributed by atoms with Crippen LogP contribution in [0.4, 0.5) is 10.1 Å². The minimum Gasteiger partial charge on any atom is -0.478 e. The van der Waals surface area contributed by atoms with Gasteiger partial charge in [-0.25, -0.2) is 9.18 Å². The molecular weight excluding hydrogens is 317 g/mol. The van der Waals surface area contributed by atoms with Gasteiger partial charge in [0.05, 0.1) is 17.3 Å². The van der Waals surface area contributed by atoms with E-state index in [9.17, 15) is 14.3 Å². The number of carboxylic acid groups (broad SMARTS) is 1. The molecule has 5 rings (SSSR count). The highest BCUT2D eigenvalue weighted by Gasteiger charge is 2.54. The Morgan fingerprint density at radius 1 is 1.04 bits per heavy atom. The lowest BCUT2D eigenvalue weighted by molar-refractivity contribution is 0.0697. The molecule has 2 fully saturated rings. The molecule has 3 aliphatic rings. The minimum absolute atomic E-state index is 0.158. The van der Waals surface area contributed by atoms with E-state index in [2.05, 4.69) is 11.4 Å². The van der Waals surface area contributed by atoms with Crippen LogP contribution < -0.4 is 5.32 Å². The summed E-state index contributed by atoms with van der Waals surface area (Å²) in [4.78, 5) is 11.7. The Bertz CT molecular complexity index is 865. The number of rotatable bonds is 2. The van der Waals surface area contributed by atoms with Crippen LogP contribution in [0.15, 0.2) is 42.5 Å². The van der Waals surface area contributed by atoms with Gasteiger partial charge in [-0.05, 0) is 60.6 Å². The molecule has 2 bridgehead atoms. The molecule has 1 aliphatic heterocycles. The second kappa shape index (κ2) is 5.32. The summed E-state index contributed by atoms with van der Waals surface area (Å²) in [6.45, 7) is 0. The molecule has 5 atom stereocenters. The molecule has 4 heteroatoms. The molecule has 1 heterocycles. The van der Waals surface area contributed by atoms with Gasteiger partial charge in [0.25, 0.3) is 0 Å². The highest BCUT2D eigenvalue weighted by Crippen LogP contribution is 2.64. The Morgan fingerprint density at radius 3 is 2.60 bits per heavy atom. The normalized spacial score (nSPS) is 32.0. The first kappa shape index (κ1) is 14.9. The first-order valence-electron chi connectivity index (χ1n) is 9.02. The van der Waals surface area contributed by atoms with Gasteiger partial charge in [-0.1, -0.05) is 30.3 Å². The summed E-state index contributed by atoms with van der Waals surface area (Å²) in [5, 5.41) is 13.1. The van der Waals surface area contributed by atoms with Gasteiger partial charge in [0, 0.05) is 5.56 Å². The average Bonchev–Trinajstić information content (AvgIpc) is 3.23. The van der Waals surface area contributed by atoms with Crippen molar-refractivity contribution in [3.8, 4) is 0 Å². The predicted octanol–water partition coefficient (Wildman–Crippen LogP) is 4.82. The smallest absolute Gasteiger partial charge is 0.337 e. The predicted molar refractivity (Wildman–Crippen MR) is 93.2 cm³/mol. The fourth-order valence-electron chi connectivity index (χ4n) is 5.73. The molecular formula is C21H20FNO2. The minimum atomic E-state index is -0.932. The Balaban J connectivity index is 1.70. The summed E-state index contributed by atoms with van der Waals surface area (Å²) < 4.78 is 14.6. The number of hydrogen-bond donors (Lipinski definition) is 2. The van der Waals surface area contributed by atoms with Gasteiger partial charge in [0.1, 0.15) is 5.82 Å². The first-order chi connectivity index (χ1) is 12.1. The fraction of sp³-hybridized carbons (Fsp3) is 0.381. The van der Waals surface area contributed by atoms with Crippen molar-refractivity contribution in [2.75, 3.05) is 5.32 Å². The molecule has 25 heavy (non-hydrogen) atoms. The maximum absolute atomic E-state index is 14.6. The highest BCUT2D eigenvalue weighted by atomic mass is 19.1. The van der Waals surface area contributed by atoms with E-state index in [1.165, 1.54) is 25.3 Å². The molecule has 0 unspecified atom stereocenters.